The van der Waals surface area contributed by atoms with Gasteiger partial charge in [-0.05, 0) is 37.3 Å². The molecule has 0 saturated heterocycles. The summed E-state index contributed by atoms with van der Waals surface area (Å²) >= 11 is 0. The quantitative estimate of drug-likeness (QED) is 0.865. The van der Waals surface area contributed by atoms with Crippen LogP contribution < -0.4 is 11.0 Å². The average Bonchev–Trinajstić information content (AvgIpc) is 3.23. The van der Waals surface area contributed by atoms with Crippen molar-refractivity contribution in [3.63, 3.8) is 0 Å². The van der Waals surface area contributed by atoms with Crippen LogP contribution in [-0.4, -0.2) is 31.8 Å². The molecule has 3 atom stereocenters. The number of rotatable bonds is 5. The van der Waals surface area contributed by atoms with Gasteiger partial charge < -0.3 is 5.32 Å². The molecule has 126 valence electrons. The van der Waals surface area contributed by atoms with Crippen molar-refractivity contribution in [1.82, 2.24) is 24.6 Å². The van der Waals surface area contributed by atoms with E-state index in [2.05, 4.69) is 15.4 Å². The van der Waals surface area contributed by atoms with Gasteiger partial charge in [0.1, 0.15) is 0 Å². The summed E-state index contributed by atoms with van der Waals surface area (Å²) in [6, 6.07) is 3.75. The third-order valence-corrected chi connectivity index (χ3v) is 5.70. The lowest BCUT2D eigenvalue weighted by molar-refractivity contribution is -0.133. The van der Waals surface area contributed by atoms with Crippen molar-refractivity contribution in [1.29, 1.82) is 0 Å². The number of aromatic nitrogens is 4. The normalized spacial score (nSPS) is 27.7. The van der Waals surface area contributed by atoms with Gasteiger partial charge in [-0.25, -0.2) is 9.78 Å². The minimum absolute atomic E-state index is 0.0264. The van der Waals surface area contributed by atoms with E-state index in [1.54, 1.807) is 18.5 Å². The summed E-state index contributed by atoms with van der Waals surface area (Å²) in [5.41, 5.74) is 0.826. The molecule has 7 heteroatoms. The first-order valence-electron chi connectivity index (χ1n) is 8.39. The smallest absolute Gasteiger partial charge is 0.347 e. The number of carbonyl (C=O) groups is 1. The molecule has 3 saturated carbocycles. The molecule has 7 nitrogen and oxygen atoms in total. The van der Waals surface area contributed by atoms with E-state index in [0.29, 0.717) is 19.0 Å². The zero-order valence-corrected chi connectivity index (χ0v) is 13.7. The fraction of sp³-hybridized carbons (Fsp3) is 0.529. The Kier molecular flexibility index (Phi) is 3.51. The molecule has 0 aliphatic heterocycles. The van der Waals surface area contributed by atoms with Crippen molar-refractivity contribution in [2.75, 3.05) is 6.54 Å². The van der Waals surface area contributed by atoms with E-state index in [0.717, 1.165) is 19.3 Å². The molecular weight excluding hydrogens is 306 g/mol. The molecule has 1 amide bonds. The number of nitrogens with zero attached hydrogens (tertiary/aromatic N) is 4. The van der Waals surface area contributed by atoms with Gasteiger partial charge in [-0.3, -0.25) is 14.0 Å². The Morgan fingerprint density at radius 2 is 2.33 bits per heavy atom. The van der Waals surface area contributed by atoms with Crippen LogP contribution in [0.15, 0.2) is 35.5 Å². The average molecular weight is 327 g/mol. The van der Waals surface area contributed by atoms with Gasteiger partial charge in [0.2, 0.25) is 5.91 Å². The van der Waals surface area contributed by atoms with E-state index in [1.807, 2.05) is 17.8 Å². The summed E-state index contributed by atoms with van der Waals surface area (Å²) in [6.45, 7) is 0.879. The van der Waals surface area contributed by atoms with Gasteiger partial charge in [-0.2, -0.15) is 5.10 Å². The molecule has 2 aromatic rings. The van der Waals surface area contributed by atoms with Crippen LogP contribution in [0.5, 0.6) is 0 Å². The minimum Gasteiger partial charge on any atom is -0.354 e. The lowest BCUT2D eigenvalue weighted by Crippen LogP contribution is -2.53. The first kappa shape index (κ1) is 15.1. The first-order chi connectivity index (χ1) is 11.6. The van der Waals surface area contributed by atoms with Gasteiger partial charge in [-0.1, -0.05) is 0 Å². The lowest BCUT2D eigenvalue weighted by Gasteiger charge is -2.46. The Hall–Kier alpha value is -2.44. The van der Waals surface area contributed by atoms with E-state index >= 15 is 0 Å². The highest BCUT2D eigenvalue weighted by molar-refractivity contribution is 5.82. The molecule has 2 aromatic heterocycles. The zero-order chi connectivity index (χ0) is 16.7. The topological polar surface area (TPSA) is 81.8 Å². The van der Waals surface area contributed by atoms with Crippen molar-refractivity contribution in [3.05, 3.63) is 46.9 Å². The molecule has 2 heterocycles. The highest BCUT2D eigenvalue weighted by atomic mass is 16.2. The molecule has 3 aliphatic carbocycles. The number of aryl methyl sites for hydroxylation is 1. The maximum absolute atomic E-state index is 12.7. The van der Waals surface area contributed by atoms with Crippen LogP contribution in [0.1, 0.15) is 25.0 Å². The van der Waals surface area contributed by atoms with Crippen LogP contribution in [0.25, 0.3) is 0 Å². The van der Waals surface area contributed by atoms with Gasteiger partial charge in [0.25, 0.3) is 0 Å². The summed E-state index contributed by atoms with van der Waals surface area (Å²) in [4.78, 5) is 28.0. The number of hydrogen-bond acceptors (Lipinski definition) is 4. The number of amides is 1. The molecule has 3 unspecified atom stereocenters. The molecule has 5 rings (SSSR count). The summed E-state index contributed by atoms with van der Waals surface area (Å²) in [5.74, 6) is 0.599. The van der Waals surface area contributed by atoms with Crippen molar-refractivity contribution in [3.8, 4) is 0 Å². The second kappa shape index (κ2) is 5.58. The molecule has 0 aromatic carbocycles. The van der Waals surface area contributed by atoms with Gasteiger partial charge >= 0.3 is 5.69 Å². The number of fused-ring (bicyclic) bond motifs is 1. The summed E-state index contributed by atoms with van der Waals surface area (Å²) in [5, 5.41) is 7.29. The standard InChI is InChI=1S/C17H21N5O2/c1-21-13(4-7-20-21)17-5-3-12(11-17)14(17)15(23)18-8-10-22-9-2-6-19-16(22)24/h2,4,6-7,9,12,14H,3,5,8,10-11H2,1H3,(H,18,23). The largest absolute Gasteiger partial charge is 0.354 e. The predicted octanol–water partition coefficient (Wildman–Crippen LogP) is 0.461. The Morgan fingerprint density at radius 1 is 1.46 bits per heavy atom. The predicted molar refractivity (Wildman–Crippen MR) is 87.2 cm³/mol. The van der Waals surface area contributed by atoms with Gasteiger partial charge in [0.05, 0.1) is 5.92 Å². The fourth-order valence-electron chi connectivity index (χ4n) is 4.66. The fourth-order valence-corrected chi connectivity index (χ4v) is 4.66. The summed E-state index contributed by atoms with van der Waals surface area (Å²) in [6.07, 6.45) is 8.20. The number of hydrogen-bond donors (Lipinski definition) is 1. The van der Waals surface area contributed by atoms with E-state index in [1.165, 1.54) is 16.5 Å². The van der Waals surface area contributed by atoms with Crippen LogP contribution >= 0.6 is 0 Å². The lowest BCUT2D eigenvalue weighted by atomic mass is 9.58. The molecule has 24 heavy (non-hydrogen) atoms. The second-order valence-electron chi connectivity index (χ2n) is 6.86. The maximum Gasteiger partial charge on any atom is 0.347 e. The zero-order valence-electron chi connectivity index (χ0n) is 13.7. The maximum atomic E-state index is 12.7. The summed E-state index contributed by atoms with van der Waals surface area (Å²) in [7, 11) is 1.94. The molecule has 2 bridgehead atoms. The van der Waals surface area contributed by atoms with E-state index in [9.17, 15) is 9.59 Å². The minimum atomic E-state index is -0.290. The van der Waals surface area contributed by atoms with Gasteiger partial charge in [-0.15, -0.1) is 0 Å². The highest BCUT2D eigenvalue weighted by Crippen LogP contribution is 2.63. The van der Waals surface area contributed by atoms with E-state index in [4.69, 9.17) is 0 Å². The van der Waals surface area contributed by atoms with Crippen LogP contribution in [0, 0.1) is 11.8 Å². The van der Waals surface area contributed by atoms with Gasteiger partial charge in [0.15, 0.2) is 0 Å². The Labute approximate surface area is 139 Å². The van der Waals surface area contributed by atoms with E-state index < -0.39 is 0 Å². The Morgan fingerprint density at radius 3 is 3.04 bits per heavy atom. The number of carbonyl (C=O) groups excluding carboxylic acids is 1. The first-order valence-corrected chi connectivity index (χ1v) is 8.39. The van der Waals surface area contributed by atoms with E-state index in [-0.39, 0.29) is 22.9 Å². The number of nitrogens with one attached hydrogen (secondary N) is 1. The van der Waals surface area contributed by atoms with Crippen molar-refractivity contribution in [2.45, 2.75) is 31.2 Å². The Balaban J connectivity index is 1.43. The summed E-state index contributed by atoms with van der Waals surface area (Å²) < 4.78 is 3.41. The third-order valence-electron chi connectivity index (χ3n) is 5.70. The highest BCUT2D eigenvalue weighted by Gasteiger charge is 2.63. The SMILES string of the molecule is Cn1nccc1C12CCC(C1)C2C(=O)NCCn1cccnc1=O. The third kappa shape index (κ3) is 2.18. The van der Waals surface area contributed by atoms with Crippen LogP contribution in [0.4, 0.5) is 0 Å². The molecule has 1 N–H and O–H groups in total. The van der Waals surface area contributed by atoms with Crippen LogP contribution in [0.3, 0.4) is 0 Å². The van der Waals surface area contributed by atoms with Crippen molar-refractivity contribution < 1.29 is 4.79 Å². The van der Waals surface area contributed by atoms with Crippen molar-refractivity contribution in [2.24, 2.45) is 18.9 Å². The van der Waals surface area contributed by atoms with Crippen LogP contribution in [0.2, 0.25) is 0 Å². The molecule has 3 aliphatic rings. The van der Waals surface area contributed by atoms with Crippen LogP contribution in [-0.2, 0) is 23.8 Å². The molecule has 3 fully saturated rings. The van der Waals surface area contributed by atoms with Gasteiger partial charge in [0, 0.05) is 49.8 Å². The molecular formula is C17H21N5O2. The van der Waals surface area contributed by atoms with Crippen molar-refractivity contribution >= 4 is 5.91 Å². The Bertz CT molecular complexity index is 822. The molecule has 0 radical (unpaired) electrons. The second-order valence-corrected chi connectivity index (χ2v) is 6.86. The molecule has 0 spiro atoms. The monoisotopic (exact) mass is 327 g/mol.